The van der Waals surface area contributed by atoms with Crippen LogP contribution in [0.4, 0.5) is 15.8 Å². The van der Waals surface area contributed by atoms with Crippen molar-refractivity contribution in [1.29, 1.82) is 0 Å². The molecule has 11 heteroatoms. The monoisotopic (exact) mass is 538 g/mol. The molecule has 8 nitrogen and oxygen atoms in total. The van der Waals surface area contributed by atoms with Crippen LogP contribution in [-0.4, -0.2) is 42.5 Å². The summed E-state index contributed by atoms with van der Waals surface area (Å²) in [5.41, 5.74) is 4.23. The molecule has 0 bridgehead atoms. The molecule has 3 aromatic rings. The summed E-state index contributed by atoms with van der Waals surface area (Å²) in [4.78, 5) is 22.4. The highest BCUT2D eigenvalue weighted by Gasteiger charge is 2.25. The molecule has 0 aliphatic heterocycles. The van der Waals surface area contributed by atoms with Crippen molar-refractivity contribution in [2.24, 2.45) is 5.92 Å². The Kier molecular flexibility index (Phi) is 6.73. The Morgan fingerprint density at radius 2 is 2.09 bits per heavy atom. The van der Waals surface area contributed by atoms with Crippen LogP contribution in [0.5, 0.6) is 0 Å². The number of hydrogen-bond acceptors (Lipinski definition) is 6. The van der Waals surface area contributed by atoms with Crippen molar-refractivity contribution in [2.45, 2.75) is 26.3 Å². The van der Waals surface area contributed by atoms with Crippen LogP contribution >= 0.6 is 15.9 Å². The Labute approximate surface area is 199 Å². The molecule has 2 N–H and O–H groups in total. The van der Waals surface area contributed by atoms with Crippen molar-refractivity contribution in [1.82, 2.24) is 15.0 Å². The van der Waals surface area contributed by atoms with Crippen molar-refractivity contribution < 1.29 is 22.4 Å². The Morgan fingerprint density at radius 3 is 2.76 bits per heavy atom. The molecule has 0 atom stereocenters. The zero-order valence-corrected chi connectivity index (χ0v) is 20.6. The van der Waals surface area contributed by atoms with E-state index in [9.17, 15) is 13.2 Å². The highest BCUT2D eigenvalue weighted by atomic mass is 79.9. The third-order valence-electron chi connectivity index (χ3n) is 5.43. The number of sulfone groups is 1. The largest absolute Gasteiger partial charge is 0.352 e. The Balaban J connectivity index is 1.74. The number of benzene rings is 2. The first-order chi connectivity index (χ1) is 15.6. The minimum Gasteiger partial charge on any atom is -0.352 e. The maximum Gasteiger partial charge on any atom is 0.277 e. The molecule has 1 saturated carbocycles. The van der Waals surface area contributed by atoms with E-state index in [0.29, 0.717) is 23.7 Å². The summed E-state index contributed by atoms with van der Waals surface area (Å²) < 4.78 is 41.2. The standard InChI is InChI=1S/C22H24BrFN4O4S/c1-13-9-15(23)5-6-17(13)26-20-16(22(29)27-32-11-14-3-4-14)10-18-21(19(20)24)25-12-28(18)7-8-33(2,30)31/h5-6,9-10,12,14,26H,3-4,7-8,11H2,1-2H3,(H,27,29). The number of nitrogens with one attached hydrogen (secondary N) is 2. The van der Waals surface area contributed by atoms with E-state index in [-0.39, 0.29) is 29.1 Å². The molecule has 0 saturated heterocycles. The Bertz CT molecular complexity index is 1320. The van der Waals surface area contributed by atoms with Gasteiger partial charge in [0, 0.05) is 23.0 Å². The number of imidazole rings is 1. The van der Waals surface area contributed by atoms with Crippen molar-refractivity contribution >= 4 is 54.1 Å². The predicted molar refractivity (Wildman–Crippen MR) is 128 cm³/mol. The summed E-state index contributed by atoms with van der Waals surface area (Å²) >= 11 is 3.40. The van der Waals surface area contributed by atoms with Gasteiger partial charge >= 0.3 is 0 Å². The van der Waals surface area contributed by atoms with Crippen LogP contribution in [0.3, 0.4) is 0 Å². The average Bonchev–Trinajstić information content (AvgIpc) is 3.47. The van der Waals surface area contributed by atoms with Gasteiger partial charge in [-0.1, -0.05) is 15.9 Å². The molecule has 1 aliphatic carbocycles. The number of anilines is 2. The molecule has 176 valence electrons. The van der Waals surface area contributed by atoms with Gasteiger partial charge in [-0.2, -0.15) is 0 Å². The van der Waals surface area contributed by atoms with Gasteiger partial charge in [-0.3, -0.25) is 9.63 Å². The van der Waals surface area contributed by atoms with Crippen molar-refractivity contribution in [3.8, 4) is 0 Å². The summed E-state index contributed by atoms with van der Waals surface area (Å²) in [7, 11) is -3.23. The second kappa shape index (κ2) is 9.40. The first kappa shape index (κ1) is 23.7. The first-order valence-corrected chi connectivity index (χ1v) is 13.3. The van der Waals surface area contributed by atoms with Crippen LogP contribution in [0.15, 0.2) is 35.1 Å². The number of aryl methyl sites for hydroxylation is 2. The summed E-state index contributed by atoms with van der Waals surface area (Å²) in [5, 5.41) is 3.03. The lowest BCUT2D eigenvalue weighted by Crippen LogP contribution is -2.26. The fourth-order valence-electron chi connectivity index (χ4n) is 3.37. The van der Waals surface area contributed by atoms with Gasteiger partial charge in [0.05, 0.1) is 35.5 Å². The number of amides is 1. The van der Waals surface area contributed by atoms with Crippen LogP contribution in [0.25, 0.3) is 11.0 Å². The molecule has 0 spiro atoms. The predicted octanol–water partition coefficient (Wildman–Crippen LogP) is 4.11. The number of carbonyl (C=O) groups excluding carboxylic acids is 1. The van der Waals surface area contributed by atoms with E-state index in [1.165, 1.54) is 17.0 Å². The van der Waals surface area contributed by atoms with Gasteiger partial charge in [0.25, 0.3) is 5.91 Å². The molecule has 1 aromatic heterocycles. The number of halogens is 2. The third-order valence-corrected chi connectivity index (χ3v) is 6.85. The van der Waals surface area contributed by atoms with E-state index in [0.717, 1.165) is 29.1 Å². The smallest absolute Gasteiger partial charge is 0.277 e. The highest BCUT2D eigenvalue weighted by molar-refractivity contribution is 9.10. The summed E-state index contributed by atoms with van der Waals surface area (Å²) in [6.45, 7) is 2.35. The van der Waals surface area contributed by atoms with Crippen LogP contribution in [0.1, 0.15) is 28.8 Å². The van der Waals surface area contributed by atoms with E-state index in [1.807, 2.05) is 19.1 Å². The molecule has 33 heavy (non-hydrogen) atoms. The second-order valence-electron chi connectivity index (χ2n) is 8.32. The van der Waals surface area contributed by atoms with Crippen LogP contribution in [-0.2, 0) is 21.2 Å². The van der Waals surface area contributed by atoms with E-state index < -0.39 is 21.6 Å². The lowest BCUT2D eigenvalue weighted by atomic mass is 10.1. The van der Waals surface area contributed by atoms with E-state index in [1.54, 1.807) is 6.07 Å². The molecular weight excluding hydrogens is 515 g/mol. The van der Waals surface area contributed by atoms with Gasteiger partial charge in [0.2, 0.25) is 0 Å². The molecule has 1 aliphatic rings. The van der Waals surface area contributed by atoms with Crippen LogP contribution in [0.2, 0.25) is 0 Å². The number of hydrogen-bond donors (Lipinski definition) is 2. The summed E-state index contributed by atoms with van der Waals surface area (Å²) in [6, 6.07) is 6.96. The fourth-order valence-corrected chi connectivity index (χ4v) is 4.37. The number of aromatic nitrogens is 2. The molecule has 0 unspecified atom stereocenters. The summed E-state index contributed by atoms with van der Waals surface area (Å²) in [6.07, 6.45) is 4.63. The zero-order valence-electron chi connectivity index (χ0n) is 18.2. The number of nitrogens with zero attached hydrogens (tertiary/aromatic N) is 2. The normalized spacial score (nSPS) is 13.9. The van der Waals surface area contributed by atoms with E-state index in [4.69, 9.17) is 4.84 Å². The molecule has 4 rings (SSSR count). The lowest BCUT2D eigenvalue weighted by Gasteiger charge is -2.16. The van der Waals surface area contributed by atoms with Crippen LogP contribution in [0, 0.1) is 18.7 Å². The van der Waals surface area contributed by atoms with Gasteiger partial charge < -0.3 is 9.88 Å². The fraction of sp³-hybridized carbons (Fsp3) is 0.364. The Morgan fingerprint density at radius 1 is 1.33 bits per heavy atom. The maximum absolute atomic E-state index is 15.6. The molecular formula is C22H24BrFN4O4S. The third kappa shape index (κ3) is 5.71. The van der Waals surface area contributed by atoms with Crippen molar-refractivity contribution in [3.05, 3.63) is 52.0 Å². The quantitative estimate of drug-likeness (QED) is 0.397. The highest BCUT2D eigenvalue weighted by Crippen LogP contribution is 2.33. The number of fused-ring (bicyclic) bond motifs is 1. The zero-order chi connectivity index (χ0) is 23.8. The van der Waals surface area contributed by atoms with Gasteiger partial charge in [-0.05, 0) is 55.5 Å². The molecule has 0 radical (unpaired) electrons. The Hall–Kier alpha value is -2.50. The first-order valence-electron chi connectivity index (χ1n) is 10.4. The molecule has 1 fully saturated rings. The van der Waals surface area contributed by atoms with Gasteiger partial charge in [-0.15, -0.1) is 0 Å². The van der Waals surface area contributed by atoms with Gasteiger partial charge in [0.15, 0.2) is 5.82 Å². The number of rotatable bonds is 9. The number of carbonyl (C=O) groups is 1. The lowest BCUT2D eigenvalue weighted by molar-refractivity contribution is 0.0271. The second-order valence-corrected chi connectivity index (χ2v) is 11.5. The number of hydroxylamine groups is 1. The van der Waals surface area contributed by atoms with Crippen molar-refractivity contribution in [3.63, 3.8) is 0 Å². The molecule has 1 amide bonds. The topological polar surface area (TPSA) is 102 Å². The van der Waals surface area contributed by atoms with Gasteiger partial charge in [0.1, 0.15) is 15.4 Å². The minimum atomic E-state index is -3.23. The van der Waals surface area contributed by atoms with Crippen molar-refractivity contribution in [2.75, 3.05) is 23.9 Å². The molecule has 2 aromatic carbocycles. The SMILES string of the molecule is Cc1cc(Br)ccc1Nc1c(C(=O)NOCC2CC2)cc2c(ncn2CCS(C)(=O)=O)c1F. The van der Waals surface area contributed by atoms with E-state index >= 15 is 4.39 Å². The molecule has 1 heterocycles. The maximum atomic E-state index is 15.6. The van der Waals surface area contributed by atoms with E-state index in [2.05, 4.69) is 31.7 Å². The van der Waals surface area contributed by atoms with Gasteiger partial charge in [-0.25, -0.2) is 23.3 Å². The average molecular weight is 539 g/mol. The van der Waals surface area contributed by atoms with Crippen LogP contribution < -0.4 is 10.8 Å². The summed E-state index contributed by atoms with van der Waals surface area (Å²) in [5.74, 6) is -1.01. The minimum absolute atomic E-state index is 0.0271.